The molecule has 18 heavy (non-hydrogen) atoms. The minimum atomic E-state index is -0.453. The molecule has 2 heterocycles. The molecule has 0 aromatic carbocycles. The summed E-state index contributed by atoms with van der Waals surface area (Å²) in [6.07, 6.45) is 1.37. The van der Waals surface area contributed by atoms with Gasteiger partial charge in [-0.15, -0.1) is 12.4 Å². The maximum absolute atomic E-state index is 12.1. The van der Waals surface area contributed by atoms with E-state index in [1.165, 1.54) is 0 Å². The fourth-order valence-corrected chi connectivity index (χ4v) is 2.57. The Balaban J connectivity index is 0.00000162. The van der Waals surface area contributed by atoms with Crippen LogP contribution in [0.5, 0.6) is 0 Å². The number of hydrogen-bond acceptors (Lipinski definition) is 4. The quantitative estimate of drug-likeness (QED) is 0.730. The smallest absolute Gasteiger partial charge is 0.410 e. The van der Waals surface area contributed by atoms with Gasteiger partial charge in [0.1, 0.15) is 5.60 Å². The largest absolute Gasteiger partial charge is 0.444 e. The van der Waals surface area contributed by atoms with E-state index in [-0.39, 0.29) is 36.6 Å². The van der Waals surface area contributed by atoms with Crippen molar-refractivity contribution >= 4 is 18.5 Å². The standard InChI is InChI=1S/C12H22N2O3.ClH/c1-12(2,3)17-11(15)14-9-4-8(13)5-10(14)7-16-6-9;/h8-10H,4-7,13H2,1-3H3;1H. The third kappa shape index (κ3) is 3.49. The second kappa shape index (κ2) is 5.63. The van der Waals surface area contributed by atoms with E-state index in [0.29, 0.717) is 13.2 Å². The predicted molar refractivity (Wildman–Crippen MR) is 70.9 cm³/mol. The number of halogens is 1. The predicted octanol–water partition coefficient (Wildman–Crippen LogP) is 1.53. The van der Waals surface area contributed by atoms with Gasteiger partial charge in [0.2, 0.25) is 0 Å². The molecule has 0 aromatic heterocycles. The first kappa shape index (κ1) is 15.5. The summed E-state index contributed by atoms with van der Waals surface area (Å²) in [5.74, 6) is 0. The molecule has 2 N–H and O–H groups in total. The van der Waals surface area contributed by atoms with E-state index in [4.69, 9.17) is 15.2 Å². The molecule has 2 aliphatic heterocycles. The molecule has 0 radical (unpaired) electrons. The molecule has 6 heteroatoms. The normalized spacial score (nSPS) is 31.6. The monoisotopic (exact) mass is 278 g/mol. The summed E-state index contributed by atoms with van der Waals surface area (Å²) >= 11 is 0. The number of morpholine rings is 1. The highest BCUT2D eigenvalue weighted by atomic mass is 35.5. The number of nitrogens with zero attached hydrogens (tertiary/aromatic N) is 1. The van der Waals surface area contributed by atoms with Gasteiger partial charge in [-0.2, -0.15) is 0 Å². The molecule has 0 saturated carbocycles. The zero-order chi connectivity index (χ0) is 12.6. The highest BCUT2D eigenvalue weighted by Crippen LogP contribution is 2.28. The summed E-state index contributed by atoms with van der Waals surface area (Å²) in [7, 11) is 0. The van der Waals surface area contributed by atoms with Crippen molar-refractivity contribution in [1.29, 1.82) is 0 Å². The Labute approximate surface area is 114 Å². The van der Waals surface area contributed by atoms with Crippen molar-refractivity contribution < 1.29 is 14.3 Å². The topological polar surface area (TPSA) is 64.8 Å². The Morgan fingerprint density at radius 3 is 2.22 bits per heavy atom. The average Bonchev–Trinajstić information content (AvgIpc) is 2.12. The van der Waals surface area contributed by atoms with Crippen LogP contribution in [0.1, 0.15) is 33.6 Å². The Bertz CT molecular complexity index is 292. The van der Waals surface area contributed by atoms with Crippen LogP contribution in [0.25, 0.3) is 0 Å². The van der Waals surface area contributed by atoms with Gasteiger partial charge in [-0.25, -0.2) is 4.79 Å². The number of carbonyl (C=O) groups excluding carboxylic acids is 1. The van der Waals surface area contributed by atoms with E-state index in [9.17, 15) is 4.79 Å². The molecule has 1 amide bonds. The molecule has 2 atom stereocenters. The van der Waals surface area contributed by atoms with Crippen LogP contribution in [0, 0.1) is 0 Å². The van der Waals surface area contributed by atoms with Crippen molar-refractivity contribution in [2.75, 3.05) is 13.2 Å². The number of rotatable bonds is 0. The molecular weight excluding hydrogens is 256 g/mol. The minimum absolute atomic E-state index is 0. The van der Waals surface area contributed by atoms with Crippen LogP contribution in [0.15, 0.2) is 0 Å². The first-order valence-corrected chi connectivity index (χ1v) is 6.21. The van der Waals surface area contributed by atoms with Crippen molar-refractivity contribution in [3.8, 4) is 0 Å². The van der Waals surface area contributed by atoms with Crippen LogP contribution in [-0.2, 0) is 9.47 Å². The Morgan fingerprint density at radius 1 is 1.28 bits per heavy atom. The maximum Gasteiger partial charge on any atom is 0.410 e. The van der Waals surface area contributed by atoms with E-state index in [2.05, 4.69) is 0 Å². The van der Waals surface area contributed by atoms with Gasteiger partial charge in [-0.05, 0) is 33.6 Å². The minimum Gasteiger partial charge on any atom is -0.444 e. The Hall–Kier alpha value is -0.520. The van der Waals surface area contributed by atoms with E-state index >= 15 is 0 Å². The van der Waals surface area contributed by atoms with Crippen LogP contribution >= 0.6 is 12.4 Å². The highest BCUT2D eigenvalue weighted by Gasteiger charge is 2.42. The fourth-order valence-electron chi connectivity index (χ4n) is 2.57. The zero-order valence-corrected chi connectivity index (χ0v) is 12.0. The average molecular weight is 279 g/mol. The molecular formula is C12H23ClN2O3. The van der Waals surface area contributed by atoms with Gasteiger partial charge in [-0.3, -0.25) is 4.90 Å². The molecule has 5 nitrogen and oxygen atoms in total. The Morgan fingerprint density at radius 2 is 1.78 bits per heavy atom. The van der Waals surface area contributed by atoms with Crippen molar-refractivity contribution in [2.24, 2.45) is 5.73 Å². The summed E-state index contributed by atoms with van der Waals surface area (Å²) in [4.78, 5) is 14.0. The molecule has 2 fully saturated rings. The summed E-state index contributed by atoms with van der Waals surface area (Å²) in [6, 6.07) is 0.326. The van der Waals surface area contributed by atoms with E-state index in [1.807, 2.05) is 25.7 Å². The molecule has 2 aliphatic rings. The lowest BCUT2D eigenvalue weighted by Gasteiger charge is -2.47. The molecule has 0 aliphatic carbocycles. The lowest BCUT2D eigenvalue weighted by atomic mass is 9.91. The molecule has 0 spiro atoms. The van der Waals surface area contributed by atoms with Crippen molar-refractivity contribution in [3.05, 3.63) is 0 Å². The van der Waals surface area contributed by atoms with Gasteiger partial charge in [0, 0.05) is 6.04 Å². The molecule has 2 saturated heterocycles. The van der Waals surface area contributed by atoms with Crippen molar-refractivity contribution in [2.45, 2.75) is 57.3 Å². The second-order valence-corrected chi connectivity index (χ2v) is 5.96. The van der Waals surface area contributed by atoms with Gasteiger partial charge in [-0.1, -0.05) is 0 Å². The van der Waals surface area contributed by atoms with Gasteiger partial charge in [0.15, 0.2) is 0 Å². The fraction of sp³-hybridized carbons (Fsp3) is 0.917. The van der Waals surface area contributed by atoms with Crippen molar-refractivity contribution in [3.63, 3.8) is 0 Å². The van der Waals surface area contributed by atoms with Crippen LogP contribution < -0.4 is 5.73 Å². The number of ether oxygens (including phenoxy) is 2. The van der Waals surface area contributed by atoms with Crippen LogP contribution in [0.4, 0.5) is 4.79 Å². The number of piperidine rings is 1. The molecule has 2 rings (SSSR count). The van der Waals surface area contributed by atoms with Crippen LogP contribution in [-0.4, -0.2) is 47.9 Å². The zero-order valence-electron chi connectivity index (χ0n) is 11.2. The molecule has 106 valence electrons. The lowest BCUT2D eigenvalue weighted by molar-refractivity contribution is -0.0817. The summed E-state index contributed by atoms with van der Waals surface area (Å²) in [5.41, 5.74) is 5.53. The third-order valence-electron chi connectivity index (χ3n) is 3.16. The van der Waals surface area contributed by atoms with E-state index < -0.39 is 5.60 Å². The number of hydrogen-bond donors (Lipinski definition) is 1. The lowest BCUT2D eigenvalue weighted by Crippen LogP contribution is -2.62. The number of carbonyl (C=O) groups is 1. The van der Waals surface area contributed by atoms with E-state index in [1.54, 1.807) is 0 Å². The summed E-state index contributed by atoms with van der Waals surface area (Å²) in [6.45, 7) is 6.79. The number of fused-ring (bicyclic) bond motifs is 2. The van der Waals surface area contributed by atoms with Gasteiger partial charge < -0.3 is 15.2 Å². The van der Waals surface area contributed by atoms with Gasteiger partial charge in [0.25, 0.3) is 0 Å². The van der Waals surface area contributed by atoms with E-state index in [0.717, 1.165) is 12.8 Å². The van der Waals surface area contributed by atoms with Crippen LogP contribution in [0.3, 0.4) is 0 Å². The summed E-state index contributed by atoms with van der Waals surface area (Å²) < 4.78 is 10.9. The Kier molecular flexibility index (Phi) is 4.86. The number of amides is 1. The summed E-state index contributed by atoms with van der Waals surface area (Å²) in [5, 5.41) is 0. The van der Waals surface area contributed by atoms with Crippen LogP contribution in [0.2, 0.25) is 0 Å². The highest BCUT2D eigenvalue weighted by molar-refractivity contribution is 5.85. The first-order valence-electron chi connectivity index (χ1n) is 6.21. The molecule has 2 unspecified atom stereocenters. The van der Waals surface area contributed by atoms with Gasteiger partial charge in [0.05, 0.1) is 25.3 Å². The molecule has 0 aromatic rings. The molecule has 2 bridgehead atoms. The SMILES string of the molecule is CC(C)(C)OC(=O)N1C2COCC1CC(N)C2.Cl. The van der Waals surface area contributed by atoms with Crippen molar-refractivity contribution in [1.82, 2.24) is 4.90 Å². The first-order chi connectivity index (χ1) is 7.87. The van der Waals surface area contributed by atoms with Gasteiger partial charge >= 0.3 is 6.09 Å². The maximum atomic E-state index is 12.1. The third-order valence-corrected chi connectivity index (χ3v) is 3.16. The number of nitrogens with two attached hydrogens (primary N) is 1. The second-order valence-electron chi connectivity index (χ2n) is 5.96.